The number of aliphatic hydroxyl groups is 1. The maximum Gasteiger partial charge on any atom is 0.290 e. The van der Waals surface area contributed by atoms with Crippen molar-refractivity contribution in [1.29, 1.82) is 0 Å². The lowest BCUT2D eigenvalue weighted by Gasteiger charge is -2.27. The second-order valence-corrected chi connectivity index (χ2v) is 5.95. The van der Waals surface area contributed by atoms with Gasteiger partial charge in [-0.15, -0.1) is 0 Å². The molecule has 2 N–H and O–H groups in total. The topological polar surface area (TPSA) is 71.3 Å². The molecule has 1 aromatic carbocycles. The van der Waals surface area contributed by atoms with Gasteiger partial charge in [0.25, 0.3) is 5.91 Å². The molecular formula is C17H23N2O4+. The zero-order chi connectivity index (χ0) is 17.1. The lowest BCUT2D eigenvalue weighted by molar-refractivity contribution is -0.857. The molecule has 1 heterocycles. The molecule has 6 heteroatoms. The van der Waals surface area contributed by atoms with E-state index in [2.05, 4.69) is 0 Å². The highest BCUT2D eigenvalue weighted by atomic mass is 16.5. The summed E-state index contributed by atoms with van der Waals surface area (Å²) in [6.07, 6.45) is 0. The van der Waals surface area contributed by atoms with Crippen molar-refractivity contribution < 1.29 is 24.3 Å². The van der Waals surface area contributed by atoms with Gasteiger partial charge in [0, 0.05) is 0 Å². The molecule has 1 aromatic rings. The van der Waals surface area contributed by atoms with Gasteiger partial charge in [-0.2, -0.15) is 0 Å². The van der Waals surface area contributed by atoms with Gasteiger partial charge in [0.05, 0.1) is 45.9 Å². The van der Waals surface area contributed by atoms with Crippen molar-refractivity contribution in [1.82, 2.24) is 4.90 Å². The molecule has 0 aliphatic carbocycles. The van der Waals surface area contributed by atoms with Crippen LogP contribution in [0.1, 0.15) is 18.5 Å². The minimum atomic E-state index is -0.551. The Morgan fingerprint density at radius 1 is 1.30 bits per heavy atom. The average Bonchev–Trinajstić information content (AvgIpc) is 2.77. The molecule has 0 spiro atoms. The van der Waals surface area contributed by atoms with Crippen molar-refractivity contribution in [3.05, 3.63) is 41.2 Å². The average molecular weight is 319 g/mol. The molecule has 0 aromatic heterocycles. The van der Waals surface area contributed by atoms with Crippen molar-refractivity contribution >= 4 is 11.7 Å². The van der Waals surface area contributed by atoms with Crippen LogP contribution in [0.5, 0.6) is 5.75 Å². The predicted molar refractivity (Wildman–Crippen MR) is 85.5 cm³/mol. The van der Waals surface area contributed by atoms with E-state index < -0.39 is 17.7 Å². The molecule has 1 aliphatic rings. The van der Waals surface area contributed by atoms with Gasteiger partial charge in [0.15, 0.2) is 11.5 Å². The summed E-state index contributed by atoms with van der Waals surface area (Å²) in [6, 6.07) is 6.64. The van der Waals surface area contributed by atoms with Crippen LogP contribution in [-0.2, 0) is 9.59 Å². The van der Waals surface area contributed by atoms with E-state index in [1.54, 1.807) is 24.1 Å². The first-order chi connectivity index (χ1) is 10.9. The van der Waals surface area contributed by atoms with Crippen molar-refractivity contribution in [2.45, 2.75) is 13.0 Å². The second-order valence-electron chi connectivity index (χ2n) is 5.95. The summed E-state index contributed by atoms with van der Waals surface area (Å²) in [7, 11) is 5.55. The summed E-state index contributed by atoms with van der Waals surface area (Å²) in [6.45, 7) is 2.55. The smallest absolute Gasteiger partial charge is 0.290 e. The molecule has 2 rings (SSSR count). The number of amides is 1. The number of carbonyl (C=O) groups excluding carboxylic acids is 2. The summed E-state index contributed by atoms with van der Waals surface area (Å²) in [4.78, 5) is 27.1. The highest BCUT2D eigenvalue weighted by Crippen LogP contribution is 2.37. The summed E-state index contributed by atoms with van der Waals surface area (Å²) >= 11 is 0. The molecule has 6 nitrogen and oxygen atoms in total. The number of hydrogen-bond acceptors (Lipinski definition) is 4. The molecule has 0 fully saturated rings. The minimum Gasteiger partial charge on any atom is -0.503 e. The fraction of sp³-hybridized carbons (Fsp3) is 0.412. The molecule has 1 atom stereocenters. The summed E-state index contributed by atoms with van der Waals surface area (Å²) in [5.41, 5.74) is 0.941. The fourth-order valence-corrected chi connectivity index (χ4v) is 2.72. The van der Waals surface area contributed by atoms with Gasteiger partial charge in [0.2, 0.25) is 0 Å². The molecule has 0 saturated carbocycles. The summed E-state index contributed by atoms with van der Waals surface area (Å²) in [5, 5.41) is 10.1. The Bertz CT molecular complexity index is 634. The summed E-state index contributed by atoms with van der Waals surface area (Å²) in [5.74, 6) is -0.527. The van der Waals surface area contributed by atoms with Gasteiger partial charge in [-0.1, -0.05) is 12.1 Å². The second kappa shape index (κ2) is 6.83. The third-order valence-corrected chi connectivity index (χ3v) is 3.97. The van der Waals surface area contributed by atoms with Gasteiger partial charge in [-0.05, 0) is 24.6 Å². The SMILES string of the molecule is COc1ccc([C@@H]2C(C(C)=O)=C(O)C(=O)N2CC[NH+](C)C)cc1. The van der Waals surface area contributed by atoms with Crippen LogP contribution in [0.4, 0.5) is 0 Å². The van der Waals surface area contributed by atoms with Crippen LogP contribution < -0.4 is 9.64 Å². The minimum absolute atomic E-state index is 0.161. The molecular weight excluding hydrogens is 296 g/mol. The number of nitrogens with zero attached hydrogens (tertiary/aromatic N) is 1. The number of aliphatic hydroxyl groups excluding tert-OH is 1. The van der Waals surface area contributed by atoms with Crippen LogP contribution in [0.15, 0.2) is 35.6 Å². The predicted octanol–water partition coefficient (Wildman–Crippen LogP) is 0.124. The number of methoxy groups -OCH3 is 1. The standard InChI is InChI=1S/C17H22N2O4/c1-11(20)14-15(12-5-7-13(23-4)8-6-12)19(10-9-18(2)3)17(22)16(14)21/h5-8,15,21H,9-10H2,1-4H3/p+1/t15-/m1/s1. The number of likely N-dealkylation sites (N-methyl/N-ethyl adjacent to an activating group) is 1. The molecule has 0 radical (unpaired) electrons. The van der Waals surface area contributed by atoms with Crippen molar-refractivity contribution in [3.63, 3.8) is 0 Å². The number of ether oxygens (including phenoxy) is 1. The molecule has 1 aliphatic heterocycles. The van der Waals surface area contributed by atoms with E-state index in [1.165, 1.54) is 11.8 Å². The van der Waals surface area contributed by atoms with Crippen LogP contribution in [0.3, 0.4) is 0 Å². The van der Waals surface area contributed by atoms with Crippen molar-refractivity contribution in [2.75, 3.05) is 34.3 Å². The first-order valence-corrected chi connectivity index (χ1v) is 7.54. The monoisotopic (exact) mass is 319 g/mol. The third-order valence-electron chi connectivity index (χ3n) is 3.97. The van der Waals surface area contributed by atoms with Gasteiger partial charge < -0.3 is 19.6 Å². The quantitative estimate of drug-likeness (QED) is 0.781. The van der Waals surface area contributed by atoms with Crippen LogP contribution in [0, 0.1) is 0 Å². The van der Waals surface area contributed by atoms with Crippen molar-refractivity contribution in [2.24, 2.45) is 0 Å². The van der Waals surface area contributed by atoms with E-state index in [1.807, 2.05) is 26.2 Å². The number of rotatable bonds is 6. The molecule has 124 valence electrons. The maximum atomic E-state index is 12.4. The van der Waals surface area contributed by atoms with Crippen LogP contribution in [0.25, 0.3) is 0 Å². The lowest BCUT2D eigenvalue weighted by Crippen LogP contribution is -3.06. The number of Topliss-reactive ketones (excluding diaryl/α,β-unsaturated/α-hetero) is 1. The Hall–Kier alpha value is -2.34. The number of nitrogens with one attached hydrogen (secondary N) is 1. The van der Waals surface area contributed by atoms with Crippen LogP contribution in [0.2, 0.25) is 0 Å². The summed E-state index contributed by atoms with van der Waals surface area (Å²) < 4.78 is 5.14. The van der Waals surface area contributed by atoms with E-state index >= 15 is 0 Å². The molecule has 0 unspecified atom stereocenters. The Morgan fingerprint density at radius 3 is 2.39 bits per heavy atom. The fourth-order valence-electron chi connectivity index (χ4n) is 2.72. The number of carbonyl (C=O) groups is 2. The Balaban J connectivity index is 2.42. The number of benzene rings is 1. The number of quaternary nitrogens is 1. The van der Waals surface area contributed by atoms with Crippen LogP contribution >= 0.6 is 0 Å². The highest BCUT2D eigenvalue weighted by molar-refractivity contribution is 6.08. The van der Waals surface area contributed by atoms with E-state index in [0.717, 1.165) is 12.1 Å². The molecule has 0 bridgehead atoms. The van der Waals surface area contributed by atoms with E-state index in [4.69, 9.17) is 4.74 Å². The molecule has 0 saturated heterocycles. The van der Waals surface area contributed by atoms with Gasteiger partial charge >= 0.3 is 0 Å². The van der Waals surface area contributed by atoms with Crippen molar-refractivity contribution in [3.8, 4) is 5.75 Å². The van der Waals surface area contributed by atoms with E-state index in [9.17, 15) is 14.7 Å². The van der Waals surface area contributed by atoms with Crippen LogP contribution in [-0.4, -0.2) is 56.0 Å². The first-order valence-electron chi connectivity index (χ1n) is 7.54. The zero-order valence-corrected chi connectivity index (χ0v) is 13.9. The lowest BCUT2D eigenvalue weighted by atomic mass is 9.96. The van der Waals surface area contributed by atoms with Gasteiger partial charge in [-0.3, -0.25) is 9.59 Å². The third kappa shape index (κ3) is 3.37. The normalized spacial score (nSPS) is 18.0. The molecule has 1 amide bonds. The highest BCUT2D eigenvalue weighted by Gasteiger charge is 2.42. The van der Waals surface area contributed by atoms with Gasteiger partial charge in [0.1, 0.15) is 5.75 Å². The number of hydrogen-bond donors (Lipinski definition) is 2. The Kier molecular flexibility index (Phi) is 5.05. The number of ketones is 1. The Morgan fingerprint density at radius 2 is 1.91 bits per heavy atom. The first kappa shape index (κ1) is 17.0. The van der Waals surface area contributed by atoms with E-state index in [-0.39, 0.29) is 11.4 Å². The Labute approximate surface area is 136 Å². The maximum absolute atomic E-state index is 12.4. The largest absolute Gasteiger partial charge is 0.503 e. The zero-order valence-electron chi connectivity index (χ0n) is 13.9. The van der Waals surface area contributed by atoms with E-state index in [0.29, 0.717) is 12.3 Å². The molecule has 23 heavy (non-hydrogen) atoms. The van der Waals surface area contributed by atoms with Gasteiger partial charge in [-0.25, -0.2) is 0 Å².